The molecule has 0 bridgehead atoms. The van der Waals surface area contributed by atoms with Gasteiger partial charge in [0.1, 0.15) is 22.8 Å². The minimum atomic E-state index is -4.99. The van der Waals surface area contributed by atoms with Gasteiger partial charge >= 0.3 is 15.6 Å². The summed E-state index contributed by atoms with van der Waals surface area (Å²) in [5, 5.41) is 3.47. The van der Waals surface area contributed by atoms with E-state index in [0.29, 0.717) is 59.4 Å². The molecule has 7 N–H and O–H groups in total. The molecule has 1 amide bonds. The maximum absolute atomic E-state index is 11.8. The Labute approximate surface area is 272 Å². The van der Waals surface area contributed by atoms with E-state index in [4.69, 9.17) is 24.5 Å². The summed E-state index contributed by atoms with van der Waals surface area (Å²) in [6.07, 6.45) is 2.79. The number of nitrogens with one attached hydrogen (secondary N) is 1. The Morgan fingerprint density at radius 3 is 2.47 bits per heavy atom. The number of aromatic nitrogens is 3. The molecule has 45 heavy (non-hydrogen) atoms. The fourth-order valence-corrected chi connectivity index (χ4v) is 5.81. The standard InChI is InChI=1S/C27H34IN5O10P2/c1-2-3-4-23-32-25-26(33(23)16-18-14-19(42-44(35,36)37)6-8-22(18)43-45(38,39)40)20-7-5-17(13-21(20)31-27(25)29)9-11-41-12-10-30-24(34)15-28/h5-8,13-14H,2-4,9-12,15-16H2,1H3,(H2,29,31)(H,30,34)(H2,35,36,37)(H2,38,39,40). The third-order valence-corrected chi connectivity index (χ3v) is 8.20. The number of unbranched alkanes of at least 4 members (excludes halogenated alkanes) is 1. The number of benzene rings is 2. The van der Waals surface area contributed by atoms with Crippen molar-refractivity contribution in [3.63, 3.8) is 0 Å². The molecule has 0 spiro atoms. The number of halogens is 1. The number of fused-ring (bicyclic) bond motifs is 3. The fourth-order valence-electron chi connectivity index (χ4n) is 4.72. The predicted molar refractivity (Wildman–Crippen MR) is 175 cm³/mol. The van der Waals surface area contributed by atoms with Crippen molar-refractivity contribution in [1.29, 1.82) is 0 Å². The molecule has 0 radical (unpaired) electrons. The van der Waals surface area contributed by atoms with Crippen LogP contribution in [0.4, 0.5) is 5.82 Å². The Balaban J connectivity index is 1.73. The van der Waals surface area contributed by atoms with Gasteiger partial charge in [0.2, 0.25) is 5.91 Å². The van der Waals surface area contributed by atoms with Crippen LogP contribution in [-0.2, 0) is 38.0 Å². The number of imidazole rings is 1. The maximum Gasteiger partial charge on any atom is 0.524 e. The lowest BCUT2D eigenvalue weighted by Crippen LogP contribution is -2.28. The first-order valence-electron chi connectivity index (χ1n) is 13.9. The number of alkyl halides is 1. The number of nitrogens with two attached hydrogens (primary N) is 1. The molecule has 18 heteroatoms. The number of phosphoric acid groups is 2. The molecule has 0 saturated heterocycles. The summed E-state index contributed by atoms with van der Waals surface area (Å²) in [5.74, 6) is 0.351. The normalized spacial score (nSPS) is 12.1. The molecule has 0 atom stereocenters. The van der Waals surface area contributed by atoms with E-state index in [-0.39, 0.29) is 35.3 Å². The van der Waals surface area contributed by atoms with Crippen molar-refractivity contribution in [3.8, 4) is 11.5 Å². The van der Waals surface area contributed by atoms with Crippen LogP contribution in [-0.4, -0.2) is 64.2 Å². The molecule has 0 saturated carbocycles. The van der Waals surface area contributed by atoms with Crippen molar-refractivity contribution in [2.45, 2.75) is 39.2 Å². The Morgan fingerprint density at radius 1 is 1.02 bits per heavy atom. The van der Waals surface area contributed by atoms with Gasteiger partial charge in [0.15, 0.2) is 5.82 Å². The number of carbonyl (C=O) groups is 1. The third-order valence-electron chi connectivity index (χ3n) is 6.63. The number of phosphoric ester groups is 2. The van der Waals surface area contributed by atoms with E-state index in [9.17, 15) is 33.5 Å². The van der Waals surface area contributed by atoms with Gasteiger partial charge < -0.3 is 29.4 Å². The zero-order chi connectivity index (χ0) is 32.8. The van der Waals surface area contributed by atoms with Gasteiger partial charge in [0.25, 0.3) is 0 Å². The smallest absolute Gasteiger partial charge is 0.404 e. The number of carbonyl (C=O) groups excluding carboxylic acids is 1. The van der Waals surface area contributed by atoms with E-state index in [0.717, 1.165) is 29.9 Å². The first kappa shape index (κ1) is 35.0. The zero-order valence-corrected chi connectivity index (χ0v) is 28.2. The molecule has 2 aromatic heterocycles. The molecular weight excluding hydrogens is 743 g/mol. The lowest BCUT2D eigenvalue weighted by Gasteiger charge is -2.17. The van der Waals surface area contributed by atoms with Crippen LogP contribution in [0.15, 0.2) is 36.4 Å². The number of rotatable bonds is 16. The van der Waals surface area contributed by atoms with Crippen LogP contribution >= 0.6 is 38.2 Å². The van der Waals surface area contributed by atoms with Crippen molar-refractivity contribution in [3.05, 3.63) is 53.3 Å². The van der Waals surface area contributed by atoms with Crippen molar-refractivity contribution in [2.24, 2.45) is 0 Å². The second-order valence-electron chi connectivity index (χ2n) is 10.0. The van der Waals surface area contributed by atoms with Gasteiger partial charge in [-0.2, -0.15) is 0 Å². The highest BCUT2D eigenvalue weighted by molar-refractivity contribution is 14.1. The summed E-state index contributed by atoms with van der Waals surface area (Å²) >= 11 is 1.99. The molecule has 2 aromatic carbocycles. The van der Waals surface area contributed by atoms with Crippen LogP contribution in [0.25, 0.3) is 21.9 Å². The van der Waals surface area contributed by atoms with Crippen LogP contribution in [0.3, 0.4) is 0 Å². The summed E-state index contributed by atoms with van der Waals surface area (Å²) in [6.45, 7) is 3.22. The minimum absolute atomic E-state index is 0.0477. The molecule has 244 valence electrons. The molecule has 0 aliphatic rings. The summed E-state index contributed by atoms with van der Waals surface area (Å²) < 4.78 is 40.8. The van der Waals surface area contributed by atoms with E-state index in [1.54, 1.807) is 0 Å². The van der Waals surface area contributed by atoms with Gasteiger partial charge in [-0.25, -0.2) is 19.1 Å². The van der Waals surface area contributed by atoms with Gasteiger partial charge in [-0.05, 0) is 42.7 Å². The van der Waals surface area contributed by atoms with E-state index >= 15 is 0 Å². The van der Waals surface area contributed by atoms with Crippen LogP contribution in [0.2, 0.25) is 0 Å². The Bertz CT molecular complexity index is 1770. The number of hydrogen-bond acceptors (Lipinski definition) is 9. The van der Waals surface area contributed by atoms with Crippen LogP contribution in [0.1, 0.15) is 36.7 Å². The molecule has 4 aromatic rings. The number of ether oxygens (including phenoxy) is 1. The van der Waals surface area contributed by atoms with E-state index in [2.05, 4.69) is 10.3 Å². The second kappa shape index (κ2) is 15.2. The number of aryl methyl sites for hydroxylation is 1. The summed E-state index contributed by atoms with van der Waals surface area (Å²) in [7, 11) is -9.92. The Morgan fingerprint density at radius 2 is 1.78 bits per heavy atom. The molecule has 4 rings (SSSR count). The molecule has 0 unspecified atom stereocenters. The number of pyridine rings is 1. The average molecular weight is 777 g/mol. The summed E-state index contributed by atoms with van der Waals surface area (Å²) in [5.41, 5.74) is 9.18. The highest BCUT2D eigenvalue weighted by Crippen LogP contribution is 2.43. The summed E-state index contributed by atoms with van der Waals surface area (Å²) in [6, 6.07) is 9.28. The Hall–Kier alpha value is -2.82. The number of nitrogen functional groups attached to an aromatic ring is 1. The Kier molecular flexibility index (Phi) is 11.8. The van der Waals surface area contributed by atoms with Crippen LogP contribution in [0.5, 0.6) is 11.5 Å². The molecule has 15 nitrogen and oxygen atoms in total. The largest absolute Gasteiger partial charge is 0.524 e. The highest BCUT2D eigenvalue weighted by Gasteiger charge is 2.24. The van der Waals surface area contributed by atoms with E-state index in [1.807, 2.05) is 52.3 Å². The van der Waals surface area contributed by atoms with Crippen molar-refractivity contribution in [1.82, 2.24) is 19.9 Å². The van der Waals surface area contributed by atoms with Crippen molar-refractivity contribution < 1.29 is 47.3 Å². The van der Waals surface area contributed by atoms with E-state index in [1.165, 1.54) is 12.1 Å². The molecule has 2 heterocycles. The molecule has 0 aliphatic carbocycles. The molecule has 0 fully saturated rings. The quantitative estimate of drug-likeness (QED) is 0.0414. The number of amides is 1. The summed E-state index contributed by atoms with van der Waals surface area (Å²) in [4.78, 5) is 58.4. The lowest BCUT2D eigenvalue weighted by molar-refractivity contribution is -0.118. The monoisotopic (exact) mass is 777 g/mol. The first-order chi connectivity index (χ1) is 21.3. The van der Waals surface area contributed by atoms with Gasteiger partial charge in [-0.3, -0.25) is 24.4 Å². The molecular formula is C27H34IN5O10P2. The SMILES string of the molecule is CCCCc1nc2c(N)nc3cc(CCOCCNC(=O)CI)ccc3c2n1Cc1cc(OP(=O)(O)O)ccc1OP(=O)(O)O. The average Bonchev–Trinajstić information content (AvgIpc) is 3.32. The van der Waals surface area contributed by atoms with Crippen LogP contribution in [0, 0.1) is 0 Å². The van der Waals surface area contributed by atoms with Crippen molar-refractivity contribution in [2.75, 3.05) is 29.9 Å². The van der Waals surface area contributed by atoms with Gasteiger partial charge in [-0.1, -0.05) is 48.1 Å². The van der Waals surface area contributed by atoms with Crippen molar-refractivity contribution >= 4 is 71.9 Å². The second-order valence-corrected chi connectivity index (χ2v) is 13.1. The highest BCUT2D eigenvalue weighted by atomic mass is 127. The fraction of sp³-hybridized carbons (Fsp3) is 0.370. The first-order valence-corrected chi connectivity index (χ1v) is 18.5. The number of nitrogens with zero attached hydrogens (tertiary/aromatic N) is 3. The van der Waals surface area contributed by atoms with Gasteiger partial charge in [0, 0.05) is 23.9 Å². The van der Waals surface area contributed by atoms with Gasteiger partial charge in [-0.15, -0.1) is 0 Å². The van der Waals surface area contributed by atoms with Gasteiger partial charge in [0.05, 0.1) is 35.2 Å². The topological polar surface area (TPSA) is 229 Å². The zero-order valence-electron chi connectivity index (χ0n) is 24.3. The maximum atomic E-state index is 11.8. The minimum Gasteiger partial charge on any atom is -0.404 e. The number of hydrogen-bond donors (Lipinski definition) is 6. The molecule has 0 aliphatic heterocycles. The predicted octanol–water partition coefficient (Wildman–Crippen LogP) is 3.61. The number of anilines is 1. The lowest BCUT2D eigenvalue weighted by atomic mass is 10.1. The van der Waals surface area contributed by atoms with Crippen LogP contribution < -0.4 is 20.1 Å². The third kappa shape index (κ3) is 9.83. The van der Waals surface area contributed by atoms with E-state index < -0.39 is 15.6 Å².